The van der Waals surface area contributed by atoms with Crippen molar-refractivity contribution in [3.05, 3.63) is 23.5 Å². The Morgan fingerprint density at radius 3 is 2.58 bits per heavy atom. The van der Waals surface area contributed by atoms with Crippen molar-refractivity contribution >= 4 is 17.5 Å². The van der Waals surface area contributed by atoms with Gasteiger partial charge in [0.25, 0.3) is 0 Å². The van der Waals surface area contributed by atoms with E-state index in [1.807, 2.05) is 6.92 Å². The van der Waals surface area contributed by atoms with Crippen molar-refractivity contribution in [1.82, 2.24) is 0 Å². The molecule has 0 aromatic carbocycles. The highest BCUT2D eigenvalue weighted by Gasteiger charge is 2.61. The standard InChI is InChI=1S/C22H28O4/c1-12-10-14-15-6-5-8-21(15,3)9-7-16(14)22(4)18(25)11-17(24)20(19(12)22)26-13(2)23/h14-16H,1,5-11H2,2-4H3/t14-,15-,16+,21-,22-/m0/s1. The van der Waals surface area contributed by atoms with E-state index in [-0.39, 0.29) is 29.7 Å². The van der Waals surface area contributed by atoms with Crippen molar-refractivity contribution in [2.45, 2.75) is 65.7 Å². The van der Waals surface area contributed by atoms with E-state index < -0.39 is 11.4 Å². The maximum absolute atomic E-state index is 13.1. The molecular weight excluding hydrogens is 328 g/mol. The van der Waals surface area contributed by atoms with Crippen LogP contribution in [0, 0.1) is 28.6 Å². The normalized spacial score (nSPS) is 42.3. The summed E-state index contributed by atoms with van der Waals surface area (Å²) in [6.45, 7) is 9.93. The summed E-state index contributed by atoms with van der Waals surface area (Å²) in [5, 5.41) is 0. The average Bonchev–Trinajstić information content (AvgIpc) is 2.94. The summed E-state index contributed by atoms with van der Waals surface area (Å²) in [6, 6.07) is 0. The maximum atomic E-state index is 13.1. The fraction of sp³-hybridized carbons (Fsp3) is 0.682. The molecule has 0 amide bonds. The Balaban J connectivity index is 1.84. The van der Waals surface area contributed by atoms with E-state index in [2.05, 4.69) is 13.5 Å². The molecule has 4 heteroatoms. The molecular formula is C22H28O4. The second-order valence-electron chi connectivity index (χ2n) is 9.29. The maximum Gasteiger partial charge on any atom is 0.308 e. The molecule has 0 saturated heterocycles. The number of hydrogen-bond acceptors (Lipinski definition) is 4. The molecule has 0 aromatic heterocycles. The Morgan fingerprint density at radius 2 is 1.88 bits per heavy atom. The average molecular weight is 356 g/mol. The fourth-order valence-electron chi connectivity index (χ4n) is 6.76. The molecule has 140 valence electrons. The molecule has 0 heterocycles. The minimum Gasteiger partial charge on any atom is -0.423 e. The van der Waals surface area contributed by atoms with Gasteiger partial charge in [-0.05, 0) is 67.8 Å². The molecule has 0 bridgehead atoms. The van der Waals surface area contributed by atoms with Crippen LogP contribution in [0.4, 0.5) is 0 Å². The number of carbonyl (C=O) groups is 3. The van der Waals surface area contributed by atoms with Crippen LogP contribution in [0.3, 0.4) is 0 Å². The lowest BCUT2D eigenvalue weighted by atomic mass is 9.46. The minimum absolute atomic E-state index is 0.0224. The Kier molecular flexibility index (Phi) is 3.84. The van der Waals surface area contributed by atoms with E-state index in [1.165, 1.54) is 26.2 Å². The third-order valence-electron chi connectivity index (χ3n) is 7.94. The number of ketones is 2. The second kappa shape index (κ2) is 5.64. The summed E-state index contributed by atoms with van der Waals surface area (Å²) >= 11 is 0. The van der Waals surface area contributed by atoms with Gasteiger partial charge in [0, 0.05) is 12.5 Å². The first-order valence-electron chi connectivity index (χ1n) is 9.86. The molecule has 0 N–H and O–H groups in total. The van der Waals surface area contributed by atoms with Crippen molar-refractivity contribution in [3.8, 4) is 0 Å². The van der Waals surface area contributed by atoms with Crippen LogP contribution in [0.5, 0.6) is 0 Å². The molecule has 3 saturated carbocycles. The zero-order valence-electron chi connectivity index (χ0n) is 16.0. The summed E-state index contributed by atoms with van der Waals surface area (Å²) in [5.41, 5.74) is 1.08. The predicted molar refractivity (Wildman–Crippen MR) is 96.9 cm³/mol. The summed E-state index contributed by atoms with van der Waals surface area (Å²) in [7, 11) is 0. The van der Waals surface area contributed by atoms with Crippen LogP contribution in [0.2, 0.25) is 0 Å². The van der Waals surface area contributed by atoms with E-state index in [0.29, 0.717) is 22.8 Å². The topological polar surface area (TPSA) is 60.4 Å². The molecule has 26 heavy (non-hydrogen) atoms. The van der Waals surface area contributed by atoms with Gasteiger partial charge in [0.1, 0.15) is 0 Å². The first-order valence-corrected chi connectivity index (χ1v) is 9.86. The third-order valence-corrected chi connectivity index (χ3v) is 7.94. The van der Waals surface area contributed by atoms with Crippen LogP contribution >= 0.6 is 0 Å². The summed E-state index contributed by atoms with van der Waals surface area (Å²) in [6.07, 6.45) is 6.54. The molecule has 4 rings (SSSR count). The second-order valence-corrected chi connectivity index (χ2v) is 9.29. The molecule has 0 aliphatic heterocycles. The molecule has 5 atom stereocenters. The van der Waals surface area contributed by atoms with Crippen LogP contribution in [-0.2, 0) is 19.1 Å². The zero-order valence-corrected chi connectivity index (χ0v) is 16.0. The van der Waals surface area contributed by atoms with Crippen molar-refractivity contribution in [3.63, 3.8) is 0 Å². The summed E-state index contributed by atoms with van der Waals surface area (Å²) in [5.74, 6) is 0.449. The fourth-order valence-corrected chi connectivity index (χ4v) is 6.76. The monoisotopic (exact) mass is 356 g/mol. The summed E-state index contributed by atoms with van der Waals surface area (Å²) in [4.78, 5) is 37.2. The number of Topliss-reactive ketones (excluding diaryl/α,β-unsaturated/α-hetero) is 2. The lowest BCUT2D eigenvalue weighted by Crippen LogP contribution is -2.54. The molecule has 3 fully saturated rings. The molecule has 4 aliphatic rings. The Labute approximate surface area is 155 Å². The molecule has 4 aliphatic carbocycles. The van der Waals surface area contributed by atoms with Crippen LogP contribution in [-0.4, -0.2) is 17.5 Å². The quantitative estimate of drug-likeness (QED) is 0.523. The number of carbonyl (C=O) groups excluding carboxylic acids is 3. The van der Waals surface area contributed by atoms with Gasteiger partial charge in [-0.3, -0.25) is 14.4 Å². The van der Waals surface area contributed by atoms with Gasteiger partial charge < -0.3 is 4.74 Å². The van der Waals surface area contributed by atoms with Crippen LogP contribution in [0.1, 0.15) is 65.7 Å². The highest BCUT2D eigenvalue weighted by Crippen LogP contribution is 2.65. The number of hydrogen-bond donors (Lipinski definition) is 0. The molecule has 0 aromatic rings. The Bertz CT molecular complexity index is 760. The van der Waals surface area contributed by atoms with Gasteiger partial charge in [0.2, 0.25) is 5.78 Å². The van der Waals surface area contributed by atoms with Crippen LogP contribution in [0.15, 0.2) is 23.5 Å². The van der Waals surface area contributed by atoms with Crippen molar-refractivity contribution in [2.24, 2.45) is 28.6 Å². The van der Waals surface area contributed by atoms with Crippen molar-refractivity contribution < 1.29 is 19.1 Å². The lowest BCUT2D eigenvalue weighted by Gasteiger charge is -2.57. The molecule has 0 radical (unpaired) electrons. The van der Waals surface area contributed by atoms with Gasteiger partial charge in [-0.15, -0.1) is 0 Å². The smallest absolute Gasteiger partial charge is 0.308 e. The predicted octanol–water partition coefficient (Wildman–Crippen LogP) is 4.14. The largest absolute Gasteiger partial charge is 0.423 e. The number of fused-ring (bicyclic) bond motifs is 5. The third kappa shape index (κ3) is 2.23. The number of esters is 1. The first kappa shape index (κ1) is 17.7. The molecule has 0 unspecified atom stereocenters. The summed E-state index contributed by atoms with van der Waals surface area (Å²) < 4.78 is 5.32. The van der Waals surface area contributed by atoms with Gasteiger partial charge in [0.05, 0.1) is 11.8 Å². The SMILES string of the molecule is C=C1C[C@@H]2[C@@H](CC[C@]3(C)CCC[C@@H]23)[C@@]2(C)C(=O)CC(=O)C(OC(C)=O)=C12. The molecule has 0 spiro atoms. The Morgan fingerprint density at radius 1 is 1.15 bits per heavy atom. The molecule has 4 nitrogen and oxygen atoms in total. The minimum atomic E-state index is -0.747. The van der Waals surface area contributed by atoms with E-state index in [9.17, 15) is 14.4 Å². The van der Waals surface area contributed by atoms with E-state index in [4.69, 9.17) is 4.74 Å². The van der Waals surface area contributed by atoms with Crippen molar-refractivity contribution in [1.29, 1.82) is 0 Å². The Hall–Kier alpha value is -1.71. The van der Waals surface area contributed by atoms with Gasteiger partial charge in [-0.2, -0.15) is 0 Å². The lowest BCUT2D eigenvalue weighted by molar-refractivity contribution is -0.146. The van der Waals surface area contributed by atoms with Crippen molar-refractivity contribution in [2.75, 3.05) is 0 Å². The van der Waals surface area contributed by atoms with Gasteiger partial charge in [0.15, 0.2) is 11.5 Å². The zero-order chi connectivity index (χ0) is 18.9. The van der Waals surface area contributed by atoms with E-state index in [1.54, 1.807) is 0 Å². The first-order chi connectivity index (χ1) is 12.2. The van der Waals surface area contributed by atoms with Crippen LogP contribution < -0.4 is 0 Å². The number of allylic oxidation sites excluding steroid dienone is 2. The van der Waals surface area contributed by atoms with Gasteiger partial charge in [-0.1, -0.05) is 19.9 Å². The van der Waals surface area contributed by atoms with Gasteiger partial charge >= 0.3 is 5.97 Å². The highest BCUT2D eigenvalue weighted by molar-refractivity contribution is 6.14. The van der Waals surface area contributed by atoms with E-state index in [0.717, 1.165) is 24.8 Å². The van der Waals surface area contributed by atoms with Gasteiger partial charge in [-0.25, -0.2) is 0 Å². The number of rotatable bonds is 1. The van der Waals surface area contributed by atoms with E-state index >= 15 is 0 Å². The highest BCUT2D eigenvalue weighted by atomic mass is 16.5. The number of ether oxygens (including phenoxy) is 1. The van der Waals surface area contributed by atoms with Crippen LogP contribution in [0.25, 0.3) is 0 Å².